The van der Waals surface area contributed by atoms with E-state index in [4.69, 9.17) is 4.74 Å². The van der Waals surface area contributed by atoms with Crippen molar-refractivity contribution in [3.63, 3.8) is 0 Å². The molecule has 1 saturated carbocycles. The van der Waals surface area contributed by atoms with Crippen molar-refractivity contribution in [2.45, 2.75) is 51.2 Å². The maximum atomic E-state index is 11.2. The third-order valence-corrected chi connectivity index (χ3v) is 3.39. The van der Waals surface area contributed by atoms with Gasteiger partial charge in [0.1, 0.15) is 11.9 Å². The summed E-state index contributed by atoms with van der Waals surface area (Å²) in [7, 11) is 0. The van der Waals surface area contributed by atoms with E-state index >= 15 is 0 Å². The molecule has 2 rings (SSSR count). The van der Waals surface area contributed by atoms with Crippen molar-refractivity contribution < 1.29 is 14.6 Å². The summed E-state index contributed by atoms with van der Waals surface area (Å²) in [6, 6.07) is 7.34. The summed E-state index contributed by atoms with van der Waals surface area (Å²) in [4.78, 5) is 11.2. The smallest absolute Gasteiger partial charge is 0.221 e. The fourth-order valence-corrected chi connectivity index (χ4v) is 2.42. The van der Waals surface area contributed by atoms with Crippen LogP contribution in [-0.2, 0) is 4.79 Å². The van der Waals surface area contributed by atoms with Crippen molar-refractivity contribution >= 4 is 11.6 Å². The molecule has 2 N–H and O–H groups in total. The highest BCUT2D eigenvalue weighted by Crippen LogP contribution is 2.28. The lowest BCUT2D eigenvalue weighted by Gasteiger charge is -2.23. The summed E-state index contributed by atoms with van der Waals surface area (Å²) in [6.07, 6.45) is 4.30. The number of ether oxygens (including phenoxy) is 1. The Kier molecular flexibility index (Phi) is 4.80. The molecule has 1 aromatic carbocycles. The van der Waals surface area contributed by atoms with Gasteiger partial charge in [0, 0.05) is 6.92 Å². The molecule has 0 saturated heterocycles. The quantitative estimate of drug-likeness (QED) is 0.824. The minimum atomic E-state index is -0.423. The summed E-state index contributed by atoms with van der Waals surface area (Å²) in [5, 5.41) is 12.8. The normalized spacial score (nSPS) is 23.5. The number of aliphatic hydroxyl groups is 1. The Morgan fingerprint density at radius 1 is 1.26 bits per heavy atom. The molecule has 104 valence electrons. The first-order valence-corrected chi connectivity index (χ1v) is 6.88. The zero-order valence-corrected chi connectivity index (χ0v) is 11.3. The lowest BCUT2D eigenvalue weighted by molar-refractivity contribution is -0.114. The molecule has 0 heterocycles. The number of carbonyl (C=O) groups excluding carboxylic acids is 1. The summed E-state index contributed by atoms with van der Waals surface area (Å²) in [5.74, 6) is 0.501. The fourth-order valence-electron chi connectivity index (χ4n) is 2.42. The molecule has 1 aromatic rings. The van der Waals surface area contributed by atoms with Crippen LogP contribution in [0.2, 0.25) is 0 Å². The number of hydrogen-bond donors (Lipinski definition) is 2. The Morgan fingerprint density at radius 3 is 2.79 bits per heavy atom. The first-order chi connectivity index (χ1) is 9.16. The SMILES string of the molecule is CC(=O)Nc1ccccc1OC1CCCCCC1O. The van der Waals surface area contributed by atoms with E-state index in [0.29, 0.717) is 11.4 Å². The summed E-state index contributed by atoms with van der Waals surface area (Å²) in [5.41, 5.74) is 0.659. The van der Waals surface area contributed by atoms with Gasteiger partial charge in [-0.05, 0) is 31.4 Å². The Balaban J connectivity index is 2.10. The minimum Gasteiger partial charge on any atom is -0.486 e. The van der Waals surface area contributed by atoms with Crippen LogP contribution in [0.4, 0.5) is 5.69 Å². The molecule has 2 atom stereocenters. The number of anilines is 1. The van der Waals surface area contributed by atoms with E-state index in [2.05, 4.69) is 5.32 Å². The first kappa shape index (κ1) is 13.9. The van der Waals surface area contributed by atoms with Crippen LogP contribution < -0.4 is 10.1 Å². The van der Waals surface area contributed by atoms with Crippen LogP contribution >= 0.6 is 0 Å². The van der Waals surface area contributed by atoms with Gasteiger partial charge in [-0.25, -0.2) is 0 Å². The van der Waals surface area contributed by atoms with Gasteiger partial charge >= 0.3 is 0 Å². The second kappa shape index (κ2) is 6.57. The van der Waals surface area contributed by atoms with Gasteiger partial charge in [0.25, 0.3) is 0 Å². The summed E-state index contributed by atoms with van der Waals surface area (Å²) >= 11 is 0. The predicted molar refractivity (Wildman–Crippen MR) is 74.3 cm³/mol. The summed E-state index contributed by atoms with van der Waals surface area (Å²) in [6.45, 7) is 1.47. The Bertz CT molecular complexity index is 433. The van der Waals surface area contributed by atoms with Crippen molar-refractivity contribution in [1.29, 1.82) is 0 Å². The highest BCUT2D eigenvalue weighted by atomic mass is 16.5. The van der Waals surface area contributed by atoms with Crippen LogP contribution in [0.1, 0.15) is 39.0 Å². The van der Waals surface area contributed by atoms with Crippen molar-refractivity contribution in [2.24, 2.45) is 0 Å². The number of para-hydroxylation sites is 2. The molecule has 2 unspecified atom stereocenters. The van der Waals surface area contributed by atoms with E-state index in [1.54, 1.807) is 6.07 Å². The van der Waals surface area contributed by atoms with Crippen LogP contribution in [0.5, 0.6) is 5.75 Å². The van der Waals surface area contributed by atoms with Gasteiger partial charge in [0.2, 0.25) is 5.91 Å². The number of hydrogen-bond acceptors (Lipinski definition) is 3. The van der Waals surface area contributed by atoms with Crippen LogP contribution in [0, 0.1) is 0 Å². The standard InChI is InChI=1S/C15H21NO3/c1-11(17)16-12-7-5-6-9-14(12)19-15-10-4-2-3-8-13(15)18/h5-7,9,13,15,18H,2-4,8,10H2,1H3,(H,16,17). The lowest BCUT2D eigenvalue weighted by Crippen LogP contribution is -2.30. The van der Waals surface area contributed by atoms with Crippen LogP contribution in [-0.4, -0.2) is 23.2 Å². The molecule has 0 aliphatic heterocycles. The second-order valence-corrected chi connectivity index (χ2v) is 5.04. The van der Waals surface area contributed by atoms with E-state index in [9.17, 15) is 9.90 Å². The van der Waals surface area contributed by atoms with Crippen LogP contribution in [0.15, 0.2) is 24.3 Å². The number of carbonyl (C=O) groups is 1. The van der Waals surface area contributed by atoms with Gasteiger partial charge in [-0.1, -0.05) is 25.0 Å². The average Bonchev–Trinajstić information content (AvgIpc) is 2.57. The van der Waals surface area contributed by atoms with Crippen molar-refractivity contribution in [2.75, 3.05) is 5.32 Å². The molecule has 0 spiro atoms. The molecule has 1 fully saturated rings. The highest BCUT2D eigenvalue weighted by molar-refractivity contribution is 5.90. The summed E-state index contributed by atoms with van der Waals surface area (Å²) < 4.78 is 5.91. The molecule has 1 amide bonds. The maximum absolute atomic E-state index is 11.2. The van der Waals surface area contributed by atoms with Crippen LogP contribution in [0.25, 0.3) is 0 Å². The Morgan fingerprint density at radius 2 is 2.00 bits per heavy atom. The molecule has 4 nitrogen and oxygen atoms in total. The van der Waals surface area contributed by atoms with E-state index < -0.39 is 6.10 Å². The van der Waals surface area contributed by atoms with Gasteiger partial charge < -0.3 is 15.2 Å². The van der Waals surface area contributed by atoms with Gasteiger partial charge in [-0.15, -0.1) is 0 Å². The van der Waals surface area contributed by atoms with Crippen molar-refractivity contribution in [3.8, 4) is 5.75 Å². The lowest BCUT2D eigenvalue weighted by atomic mass is 10.1. The van der Waals surface area contributed by atoms with Gasteiger partial charge in [0.05, 0.1) is 11.8 Å². The minimum absolute atomic E-state index is 0.127. The van der Waals surface area contributed by atoms with Gasteiger partial charge in [-0.3, -0.25) is 4.79 Å². The Labute approximate surface area is 113 Å². The molecule has 19 heavy (non-hydrogen) atoms. The molecule has 0 bridgehead atoms. The van der Waals surface area contributed by atoms with E-state index in [1.807, 2.05) is 18.2 Å². The molecule has 4 heteroatoms. The topological polar surface area (TPSA) is 58.6 Å². The van der Waals surface area contributed by atoms with Crippen molar-refractivity contribution in [3.05, 3.63) is 24.3 Å². The Hall–Kier alpha value is -1.55. The van der Waals surface area contributed by atoms with Crippen LogP contribution in [0.3, 0.4) is 0 Å². The van der Waals surface area contributed by atoms with Crippen molar-refractivity contribution in [1.82, 2.24) is 0 Å². The second-order valence-electron chi connectivity index (χ2n) is 5.04. The molecule has 0 aromatic heterocycles. The maximum Gasteiger partial charge on any atom is 0.221 e. The fraction of sp³-hybridized carbons (Fsp3) is 0.533. The highest BCUT2D eigenvalue weighted by Gasteiger charge is 2.24. The average molecular weight is 263 g/mol. The number of benzene rings is 1. The number of nitrogens with one attached hydrogen (secondary N) is 1. The zero-order chi connectivity index (χ0) is 13.7. The third-order valence-electron chi connectivity index (χ3n) is 3.39. The number of aliphatic hydroxyl groups excluding tert-OH is 1. The predicted octanol–water partition coefficient (Wildman–Crippen LogP) is 2.72. The molecule has 1 aliphatic rings. The van der Waals surface area contributed by atoms with E-state index in [-0.39, 0.29) is 12.0 Å². The third kappa shape index (κ3) is 3.96. The molecular weight excluding hydrogens is 242 g/mol. The zero-order valence-electron chi connectivity index (χ0n) is 11.3. The van der Waals surface area contributed by atoms with E-state index in [1.165, 1.54) is 6.92 Å². The number of amides is 1. The first-order valence-electron chi connectivity index (χ1n) is 6.88. The number of rotatable bonds is 3. The largest absolute Gasteiger partial charge is 0.486 e. The molecule has 1 aliphatic carbocycles. The molecular formula is C15H21NO3. The van der Waals surface area contributed by atoms with Gasteiger partial charge in [-0.2, -0.15) is 0 Å². The monoisotopic (exact) mass is 263 g/mol. The van der Waals surface area contributed by atoms with Gasteiger partial charge in [0.15, 0.2) is 0 Å². The van der Waals surface area contributed by atoms with E-state index in [0.717, 1.165) is 32.1 Å². The molecule has 0 radical (unpaired) electrons.